The first-order chi connectivity index (χ1) is 11.3. The maximum absolute atomic E-state index is 5.78. The largest absolute Gasteiger partial charge is 0.382 e. The van der Waals surface area contributed by atoms with Gasteiger partial charge in [-0.25, -0.2) is 0 Å². The number of likely N-dealkylation sites (tertiary alicyclic amines) is 1. The lowest BCUT2D eigenvalue weighted by Gasteiger charge is -2.38. The molecule has 0 unspecified atom stereocenters. The predicted molar refractivity (Wildman–Crippen MR) is 92.7 cm³/mol. The van der Waals surface area contributed by atoms with E-state index in [-0.39, 0.29) is 0 Å². The van der Waals surface area contributed by atoms with E-state index in [1.54, 1.807) is 0 Å². The number of nitrogens with one attached hydrogen (secondary N) is 2. The van der Waals surface area contributed by atoms with Gasteiger partial charge in [0.2, 0.25) is 0 Å². The van der Waals surface area contributed by atoms with E-state index in [4.69, 9.17) is 4.74 Å². The highest BCUT2D eigenvalue weighted by Gasteiger charge is 2.28. The summed E-state index contributed by atoms with van der Waals surface area (Å²) in [5.41, 5.74) is 2.29. The third-order valence-corrected chi connectivity index (χ3v) is 5.27. The molecule has 3 heterocycles. The molecule has 2 aliphatic rings. The minimum atomic E-state index is 0.468. The zero-order valence-corrected chi connectivity index (χ0v) is 13.8. The molecule has 0 bridgehead atoms. The number of ether oxygens (including phenoxy) is 1. The first-order valence-corrected chi connectivity index (χ1v) is 8.81. The number of nitrogens with zero attached hydrogens (tertiary/aromatic N) is 2. The summed E-state index contributed by atoms with van der Waals surface area (Å²) in [7, 11) is 0. The molecule has 2 aromatic rings. The summed E-state index contributed by atoms with van der Waals surface area (Å²) < 4.78 is 5.78. The number of fused-ring (bicyclic) bond motifs is 1. The van der Waals surface area contributed by atoms with Gasteiger partial charge in [0.1, 0.15) is 0 Å². The zero-order valence-electron chi connectivity index (χ0n) is 13.8. The lowest BCUT2D eigenvalue weighted by Crippen LogP contribution is -2.47. The van der Waals surface area contributed by atoms with Crippen LogP contribution < -0.4 is 5.32 Å². The van der Waals surface area contributed by atoms with Crippen molar-refractivity contribution in [3.05, 3.63) is 24.4 Å². The maximum atomic E-state index is 5.78. The van der Waals surface area contributed by atoms with Crippen molar-refractivity contribution in [2.24, 2.45) is 5.92 Å². The van der Waals surface area contributed by atoms with Crippen molar-refractivity contribution in [1.29, 1.82) is 0 Å². The highest BCUT2D eigenvalue weighted by molar-refractivity contribution is 5.81. The molecule has 2 fully saturated rings. The van der Waals surface area contributed by atoms with E-state index in [2.05, 4.69) is 45.5 Å². The van der Waals surface area contributed by atoms with Gasteiger partial charge in [-0.05, 0) is 43.4 Å². The van der Waals surface area contributed by atoms with Crippen molar-refractivity contribution in [3.63, 3.8) is 0 Å². The van der Waals surface area contributed by atoms with Gasteiger partial charge in [-0.2, -0.15) is 5.10 Å². The molecule has 124 valence electrons. The third kappa shape index (κ3) is 3.35. The summed E-state index contributed by atoms with van der Waals surface area (Å²) in [6, 6.07) is 6.97. The summed E-state index contributed by atoms with van der Waals surface area (Å²) in [4.78, 5) is 2.58. The Hall–Kier alpha value is -1.59. The van der Waals surface area contributed by atoms with E-state index in [9.17, 15) is 0 Å². The molecule has 0 spiro atoms. The molecule has 3 atom stereocenters. The Bertz CT molecular complexity index is 649. The van der Waals surface area contributed by atoms with E-state index in [1.807, 2.05) is 6.20 Å². The first kappa shape index (κ1) is 15.0. The van der Waals surface area contributed by atoms with Crippen LogP contribution >= 0.6 is 0 Å². The van der Waals surface area contributed by atoms with Gasteiger partial charge in [0.15, 0.2) is 0 Å². The molecule has 1 aromatic carbocycles. The smallest absolute Gasteiger partial charge is 0.0702 e. The summed E-state index contributed by atoms with van der Waals surface area (Å²) in [5, 5.41) is 12.0. The van der Waals surface area contributed by atoms with Gasteiger partial charge in [0.25, 0.3) is 0 Å². The van der Waals surface area contributed by atoms with Crippen LogP contribution in [0.5, 0.6) is 0 Å². The fraction of sp³-hybridized carbons (Fsp3) is 0.611. The number of benzene rings is 1. The fourth-order valence-corrected chi connectivity index (χ4v) is 3.94. The quantitative estimate of drug-likeness (QED) is 0.911. The van der Waals surface area contributed by atoms with E-state index >= 15 is 0 Å². The van der Waals surface area contributed by atoms with Crippen molar-refractivity contribution < 1.29 is 4.74 Å². The molecular weight excluding hydrogens is 288 g/mol. The van der Waals surface area contributed by atoms with Crippen LogP contribution in [0.4, 0.5) is 5.69 Å². The predicted octanol–water partition coefficient (Wildman–Crippen LogP) is 2.86. The molecule has 0 amide bonds. The fourth-order valence-electron chi connectivity index (χ4n) is 3.94. The summed E-state index contributed by atoms with van der Waals surface area (Å²) in [6.07, 6.45) is 6.01. The van der Waals surface area contributed by atoms with Crippen molar-refractivity contribution in [3.8, 4) is 0 Å². The lowest BCUT2D eigenvalue weighted by atomic mass is 9.93. The first-order valence-electron chi connectivity index (χ1n) is 8.81. The van der Waals surface area contributed by atoms with Gasteiger partial charge in [0.05, 0.1) is 17.8 Å². The van der Waals surface area contributed by atoms with Crippen molar-refractivity contribution in [2.45, 2.75) is 38.3 Å². The van der Waals surface area contributed by atoms with Crippen LogP contribution in [-0.2, 0) is 4.74 Å². The normalized spacial score (nSPS) is 29.2. The molecule has 0 aliphatic carbocycles. The molecular formula is C18H26N4O. The van der Waals surface area contributed by atoms with Crippen molar-refractivity contribution in [1.82, 2.24) is 15.1 Å². The number of aromatic amines is 1. The second kappa shape index (κ2) is 6.49. The van der Waals surface area contributed by atoms with Crippen LogP contribution in [-0.4, -0.2) is 53.5 Å². The topological polar surface area (TPSA) is 53.2 Å². The number of aromatic nitrogens is 2. The van der Waals surface area contributed by atoms with Crippen LogP contribution in [0.25, 0.3) is 10.9 Å². The minimum absolute atomic E-state index is 0.468. The Morgan fingerprint density at radius 3 is 3.17 bits per heavy atom. The Kier molecular flexibility index (Phi) is 4.23. The average Bonchev–Trinajstić information content (AvgIpc) is 3.21. The molecule has 2 N–H and O–H groups in total. The molecule has 23 heavy (non-hydrogen) atoms. The lowest BCUT2D eigenvalue weighted by molar-refractivity contribution is 0.0563. The van der Waals surface area contributed by atoms with Crippen LogP contribution in [0.1, 0.15) is 26.2 Å². The van der Waals surface area contributed by atoms with Gasteiger partial charge in [-0.3, -0.25) is 5.10 Å². The second-order valence-corrected chi connectivity index (χ2v) is 7.08. The van der Waals surface area contributed by atoms with Crippen molar-refractivity contribution >= 4 is 16.6 Å². The van der Waals surface area contributed by atoms with Gasteiger partial charge in [-0.1, -0.05) is 6.92 Å². The molecule has 2 aliphatic heterocycles. The van der Waals surface area contributed by atoms with Crippen LogP contribution in [0.3, 0.4) is 0 Å². The van der Waals surface area contributed by atoms with Gasteiger partial charge in [0, 0.05) is 43.4 Å². The number of anilines is 1. The summed E-state index contributed by atoms with van der Waals surface area (Å²) in [6.45, 7) is 6.74. The number of piperidine rings is 1. The Labute approximate surface area is 137 Å². The molecule has 0 radical (unpaired) electrons. The van der Waals surface area contributed by atoms with Crippen LogP contribution in [0.15, 0.2) is 24.4 Å². The maximum Gasteiger partial charge on any atom is 0.0702 e. The molecule has 5 nitrogen and oxygen atoms in total. The average molecular weight is 314 g/mol. The second-order valence-electron chi connectivity index (χ2n) is 7.08. The van der Waals surface area contributed by atoms with E-state index in [0.717, 1.165) is 31.8 Å². The number of hydrogen-bond donors (Lipinski definition) is 2. The molecule has 1 aromatic heterocycles. The SMILES string of the molecule is C[C@@H]1CN(C[C@@H]2CCCO2)CC[C@@H]1Nc1ccc2[nH]ncc2c1. The molecule has 5 heteroatoms. The number of H-pyrrole nitrogens is 1. The monoisotopic (exact) mass is 314 g/mol. The highest BCUT2D eigenvalue weighted by Crippen LogP contribution is 2.24. The van der Waals surface area contributed by atoms with Gasteiger partial charge >= 0.3 is 0 Å². The minimum Gasteiger partial charge on any atom is -0.382 e. The van der Waals surface area contributed by atoms with Gasteiger partial charge < -0.3 is 15.0 Å². The van der Waals surface area contributed by atoms with E-state index in [0.29, 0.717) is 18.1 Å². The molecule has 0 saturated carbocycles. The Morgan fingerprint density at radius 2 is 2.35 bits per heavy atom. The number of hydrogen-bond acceptors (Lipinski definition) is 4. The summed E-state index contributed by atoms with van der Waals surface area (Å²) in [5.74, 6) is 0.644. The summed E-state index contributed by atoms with van der Waals surface area (Å²) >= 11 is 0. The Balaban J connectivity index is 1.34. The third-order valence-electron chi connectivity index (χ3n) is 5.27. The Morgan fingerprint density at radius 1 is 1.39 bits per heavy atom. The standard InChI is InChI=1S/C18H26N4O/c1-13-11-22(12-16-3-2-8-23-16)7-6-17(13)20-15-4-5-18-14(9-15)10-19-21-18/h4-5,9-10,13,16-17,20H,2-3,6-8,11-12H2,1H3,(H,19,21)/t13-,16+,17+/m1/s1. The zero-order chi connectivity index (χ0) is 15.6. The van der Waals surface area contributed by atoms with Crippen molar-refractivity contribution in [2.75, 3.05) is 31.6 Å². The highest BCUT2D eigenvalue weighted by atomic mass is 16.5. The van der Waals surface area contributed by atoms with E-state index in [1.165, 1.54) is 30.3 Å². The number of rotatable bonds is 4. The van der Waals surface area contributed by atoms with Crippen LogP contribution in [0.2, 0.25) is 0 Å². The van der Waals surface area contributed by atoms with E-state index < -0.39 is 0 Å². The molecule has 4 rings (SSSR count). The van der Waals surface area contributed by atoms with Crippen LogP contribution in [0, 0.1) is 5.92 Å². The molecule has 2 saturated heterocycles. The van der Waals surface area contributed by atoms with Gasteiger partial charge in [-0.15, -0.1) is 0 Å².